The van der Waals surface area contributed by atoms with E-state index in [9.17, 15) is 4.79 Å². The summed E-state index contributed by atoms with van der Waals surface area (Å²) in [5, 5.41) is 0. The van der Waals surface area contributed by atoms with Crippen molar-refractivity contribution in [1.29, 1.82) is 0 Å². The van der Waals surface area contributed by atoms with E-state index in [4.69, 9.17) is 18.9 Å². The minimum Gasteiger partial charge on any atom is -0.496 e. The highest BCUT2D eigenvalue weighted by molar-refractivity contribution is 5.95. The van der Waals surface area contributed by atoms with Gasteiger partial charge in [-0.1, -0.05) is 18.2 Å². The van der Waals surface area contributed by atoms with Crippen molar-refractivity contribution in [2.24, 2.45) is 0 Å². The van der Waals surface area contributed by atoms with Crippen LogP contribution < -0.4 is 14.2 Å². The zero-order valence-corrected chi connectivity index (χ0v) is 12.6. The molecule has 1 aliphatic heterocycles. The largest absolute Gasteiger partial charge is 0.496 e. The van der Waals surface area contributed by atoms with Crippen LogP contribution >= 0.6 is 0 Å². The quantitative estimate of drug-likeness (QED) is 0.813. The topological polar surface area (TPSA) is 54.0 Å². The summed E-state index contributed by atoms with van der Waals surface area (Å²) in [6, 6.07) is 10.8. The fourth-order valence-electron chi connectivity index (χ4n) is 2.74. The number of esters is 1. The summed E-state index contributed by atoms with van der Waals surface area (Å²) in [5.41, 5.74) is 1.94. The van der Waals surface area contributed by atoms with Crippen molar-refractivity contribution in [2.75, 3.05) is 21.3 Å². The van der Waals surface area contributed by atoms with E-state index in [0.717, 1.165) is 5.56 Å². The molecule has 0 N–H and O–H groups in total. The zero-order chi connectivity index (χ0) is 15.7. The van der Waals surface area contributed by atoms with E-state index >= 15 is 0 Å². The van der Waals surface area contributed by atoms with Gasteiger partial charge in [0.2, 0.25) is 0 Å². The lowest BCUT2D eigenvalue weighted by molar-refractivity contribution is 0.0450. The van der Waals surface area contributed by atoms with Gasteiger partial charge in [-0.05, 0) is 18.2 Å². The molecule has 1 aliphatic rings. The molecule has 2 aromatic carbocycles. The molecule has 114 valence electrons. The molecule has 5 nitrogen and oxygen atoms in total. The number of cyclic esters (lactones) is 1. The van der Waals surface area contributed by atoms with Gasteiger partial charge in [-0.25, -0.2) is 4.79 Å². The Balaban J connectivity index is 2.19. The van der Waals surface area contributed by atoms with Crippen LogP contribution in [-0.2, 0) is 4.74 Å². The average molecular weight is 300 g/mol. The molecule has 1 heterocycles. The summed E-state index contributed by atoms with van der Waals surface area (Å²) < 4.78 is 21.7. The molecule has 3 rings (SSSR count). The number of para-hydroxylation sites is 1. The predicted molar refractivity (Wildman–Crippen MR) is 79.8 cm³/mol. The van der Waals surface area contributed by atoms with Crippen molar-refractivity contribution in [3.63, 3.8) is 0 Å². The Hall–Kier alpha value is -2.69. The average Bonchev–Trinajstić information content (AvgIpc) is 2.91. The highest BCUT2D eigenvalue weighted by Crippen LogP contribution is 2.46. The Morgan fingerprint density at radius 1 is 0.909 bits per heavy atom. The molecule has 2 aromatic rings. The lowest BCUT2D eigenvalue weighted by Gasteiger charge is -2.18. The number of carbonyl (C=O) groups excluding carboxylic acids is 1. The third kappa shape index (κ3) is 2.06. The predicted octanol–water partition coefficient (Wildman–Crippen LogP) is 2.97. The molecule has 0 spiro atoms. The molecular formula is C17H16O5. The number of fused-ring (bicyclic) bond motifs is 1. The summed E-state index contributed by atoms with van der Waals surface area (Å²) >= 11 is 0. The van der Waals surface area contributed by atoms with E-state index in [1.54, 1.807) is 45.6 Å². The number of hydrogen-bond acceptors (Lipinski definition) is 5. The summed E-state index contributed by atoms with van der Waals surface area (Å²) in [6.45, 7) is 0. The molecule has 0 saturated heterocycles. The lowest BCUT2D eigenvalue weighted by atomic mass is 9.97. The lowest BCUT2D eigenvalue weighted by Crippen LogP contribution is -2.05. The van der Waals surface area contributed by atoms with Crippen LogP contribution in [0.25, 0.3) is 0 Å². The summed E-state index contributed by atoms with van der Waals surface area (Å²) in [5.74, 6) is 1.36. The molecule has 0 bridgehead atoms. The molecule has 1 atom stereocenters. The van der Waals surface area contributed by atoms with Gasteiger partial charge in [-0.3, -0.25) is 0 Å². The van der Waals surface area contributed by atoms with Crippen molar-refractivity contribution in [3.05, 3.63) is 53.1 Å². The number of benzene rings is 2. The van der Waals surface area contributed by atoms with Gasteiger partial charge in [0.15, 0.2) is 17.6 Å². The maximum atomic E-state index is 12.1. The Morgan fingerprint density at radius 3 is 2.27 bits per heavy atom. The molecule has 0 aromatic heterocycles. The fraction of sp³-hybridized carbons (Fsp3) is 0.235. The van der Waals surface area contributed by atoms with Crippen LogP contribution in [0.1, 0.15) is 27.6 Å². The van der Waals surface area contributed by atoms with E-state index in [1.165, 1.54) is 0 Å². The number of rotatable bonds is 4. The van der Waals surface area contributed by atoms with Gasteiger partial charge in [-0.15, -0.1) is 0 Å². The van der Waals surface area contributed by atoms with E-state index in [0.29, 0.717) is 28.4 Å². The molecule has 5 heteroatoms. The Morgan fingerprint density at radius 2 is 1.59 bits per heavy atom. The van der Waals surface area contributed by atoms with Gasteiger partial charge in [0.25, 0.3) is 0 Å². The van der Waals surface area contributed by atoms with Gasteiger partial charge in [0, 0.05) is 5.56 Å². The van der Waals surface area contributed by atoms with E-state index < -0.39 is 6.10 Å². The number of hydrogen-bond donors (Lipinski definition) is 0. The van der Waals surface area contributed by atoms with Gasteiger partial charge in [-0.2, -0.15) is 0 Å². The molecule has 0 aliphatic carbocycles. The van der Waals surface area contributed by atoms with Crippen LogP contribution in [-0.4, -0.2) is 27.3 Å². The highest BCUT2D eigenvalue weighted by atomic mass is 16.6. The zero-order valence-electron chi connectivity index (χ0n) is 12.6. The molecule has 22 heavy (non-hydrogen) atoms. The van der Waals surface area contributed by atoms with Crippen molar-refractivity contribution >= 4 is 5.97 Å². The molecule has 1 unspecified atom stereocenters. The number of methoxy groups -OCH3 is 3. The molecule has 0 fully saturated rings. The van der Waals surface area contributed by atoms with Crippen LogP contribution in [0.2, 0.25) is 0 Å². The third-order valence-electron chi connectivity index (χ3n) is 3.71. The molecule has 0 saturated carbocycles. The summed E-state index contributed by atoms with van der Waals surface area (Å²) in [6.07, 6.45) is -0.580. The summed E-state index contributed by atoms with van der Waals surface area (Å²) in [7, 11) is 4.69. The first-order valence-electron chi connectivity index (χ1n) is 6.80. The Kier molecular flexibility index (Phi) is 3.63. The smallest absolute Gasteiger partial charge is 0.339 e. The fourth-order valence-corrected chi connectivity index (χ4v) is 2.74. The van der Waals surface area contributed by atoms with Gasteiger partial charge in [0.1, 0.15) is 5.75 Å². The first kappa shape index (κ1) is 14.3. The third-order valence-corrected chi connectivity index (χ3v) is 3.71. The van der Waals surface area contributed by atoms with Crippen LogP contribution in [0.5, 0.6) is 17.2 Å². The van der Waals surface area contributed by atoms with Crippen molar-refractivity contribution < 1.29 is 23.7 Å². The van der Waals surface area contributed by atoms with E-state index in [2.05, 4.69) is 0 Å². The first-order chi connectivity index (χ1) is 10.7. The van der Waals surface area contributed by atoms with Gasteiger partial charge < -0.3 is 18.9 Å². The normalized spacial score (nSPS) is 16.0. The van der Waals surface area contributed by atoms with E-state index in [1.807, 2.05) is 12.1 Å². The number of carbonyl (C=O) groups is 1. The molecule has 0 radical (unpaired) electrons. The SMILES string of the molecule is COc1cccc(C2OC(=O)c3cccc(OC)c32)c1OC. The molecule has 0 amide bonds. The second kappa shape index (κ2) is 5.60. The monoisotopic (exact) mass is 300 g/mol. The summed E-state index contributed by atoms with van der Waals surface area (Å²) in [4.78, 5) is 12.1. The van der Waals surface area contributed by atoms with Crippen LogP contribution in [0.15, 0.2) is 36.4 Å². The Bertz CT molecular complexity index is 723. The number of ether oxygens (including phenoxy) is 4. The van der Waals surface area contributed by atoms with Gasteiger partial charge >= 0.3 is 5.97 Å². The van der Waals surface area contributed by atoms with Crippen molar-refractivity contribution in [3.8, 4) is 17.2 Å². The molecular weight excluding hydrogens is 284 g/mol. The highest BCUT2D eigenvalue weighted by Gasteiger charge is 2.37. The van der Waals surface area contributed by atoms with Gasteiger partial charge in [0.05, 0.1) is 32.5 Å². The van der Waals surface area contributed by atoms with Crippen LogP contribution in [0.3, 0.4) is 0 Å². The van der Waals surface area contributed by atoms with E-state index in [-0.39, 0.29) is 5.97 Å². The Labute approximate surface area is 128 Å². The van der Waals surface area contributed by atoms with Crippen LogP contribution in [0.4, 0.5) is 0 Å². The van der Waals surface area contributed by atoms with Crippen molar-refractivity contribution in [1.82, 2.24) is 0 Å². The maximum absolute atomic E-state index is 12.1. The second-order valence-electron chi connectivity index (χ2n) is 4.79. The minimum atomic E-state index is -0.580. The standard InChI is InChI=1S/C17H16O5/c1-19-12-8-4-6-10-14(12)16(22-17(10)18)11-7-5-9-13(20-2)15(11)21-3/h4-9,16H,1-3H3. The van der Waals surface area contributed by atoms with Crippen LogP contribution in [0, 0.1) is 0 Å². The maximum Gasteiger partial charge on any atom is 0.339 e. The second-order valence-corrected chi connectivity index (χ2v) is 4.79. The minimum absolute atomic E-state index is 0.372. The first-order valence-corrected chi connectivity index (χ1v) is 6.80. The van der Waals surface area contributed by atoms with Crippen molar-refractivity contribution in [2.45, 2.75) is 6.10 Å².